The highest BCUT2D eigenvalue weighted by atomic mass is 16.3. The molecule has 0 spiro atoms. The van der Waals surface area contributed by atoms with Gasteiger partial charge in [0.1, 0.15) is 5.69 Å². The van der Waals surface area contributed by atoms with Crippen LogP contribution in [-0.4, -0.2) is 28.6 Å². The Morgan fingerprint density at radius 1 is 1.71 bits per heavy atom. The minimum Gasteiger partial charge on any atom is -0.397 e. The van der Waals surface area contributed by atoms with E-state index >= 15 is 0 Å². The van der Waals surface area contributed by atoms with Crippen LogP contribution in [0.5, 0.6) is 0 Å². The summed E-state index contributed by atoms with van der Waals surface area (Å²) in [7, 11) is 0. The highest BCUT2D eigenvalue weighted by Gasteiger charge is 2.06. The summed E-state index contributed by atoms with van der Waals surface area (Å²) in [5, 5.41) is 11.5. The normalized spacial score (nSPS) is 12.1. The van der Waals surface area contributed by atoms with E-state index in [4.69, 9.17) is 10.8 Å². The molecule has 1 amide bonds. The largest absolute Gasteiger partial charge is 0.397 e. The third-order valence-electron chi connectivity index (χ3n) is 1.58. The van der Waals surface area contributed by atoms with E-state index in [2.05, 4.69) is 10.3 Å². The van der Waals surface area contributed by atoms with Gasteiger partial charge in [-0.1, -0.05) is 0 Å². The van der Waals surface area contributed by atoms with Crippen LogP contribution < -0.4 is 11.1 Å². The number of aromatic nitrogens is 1. The summed E-state index contributed by atoms with van der Waals surface area (Å²) < 4.78 is 0. The van der Waals surface area contributed by atoms with Crippen LogP contribution in [0.2, 0.25) is 0 Å². The lowest BCUT2D eigenvalue weighted by Gasteiger charge is -2.06. The first-order chi connectivity index (χ1) is 6.59. The summed E-state index contributed by atoms with van der Waals surface area (Å²) in [6.07, 6.45) is 0.852. The van der Waals surface area contributed by atoms with Gasteiger partial charge < -0.3 is 16.2 Å². The Morgan fingerprint density at radius 2 is 2.43 bits per heavy atom. The van der Waals surface area contributed by atoms with Crippen LogP contribution in [-0.2, 0) is 0 Å². The number of aliphatic hydroxyl groups is 1. The molecule has 1 aromatic rings. The van der Waals surface area contributed by atoms with Gasteiger partial charge in [0.2, 0.25) is 0 Å². The summed E-state index contributed by atoms with van der Waals surface area (Å²) in [5.74, 6) is -0.314. The van der Waals surface area contributed by atoms with Gasteiger partial charge in [0, 0.05) is 6.54 Å². The average Bonchev–Trinajstić information content (AvgIpc) is 2.15. The van der Waals surface area contributed by atoms with E-state index in [1.165, 1.54) is 12.3 Å². The number of pyridine rings is 1. The molecule has 0 aliphatic rings. The fourth-order valence-corrected chi connectivity index (χ4v) is 0.871. The maximum absolute atomic E-state index is 11.3. The maximum Gasteiger partial charge on any atom is 0.269 e. The van der Waals surface area contributed by atoms with Crippen molar-refractivity contribution < 1.29 is 9.90 Å². The molecule has 0 aliphatic heterocycles. The molecule has 0 bridgehead atoms. The number of rotatable bonds is 3. The van der Waals surface area contributed by atoms with Crippen LogP contribution >= 0.6 is 0 Å². The molecule has 14 heavy (non-hydrogen) atoms. The van der Waals surface area contributed by atoms with E-state index < -0.39 is 6.10 Å². The van der Waals surface area contributed by atoms with Crippen molar-refractivity contribution in [3.05, 3.63) is 24.0 Å². The minimum atomic E-state index is -0.562. The molecule has 0 saturated carbocycles. The van der Waals surface area contributed by atoms with E-state index in [9.17, 15) is 4.79 Å². The molecule has 5 nitrogen and oxygen atoms in total. The fraction of sp³-hybridized carbons (Fsp3) is 0.333. The van der Waals surface area contributed by atoms with E-state index in [-0.39, 0.29) is 12.5 Å². The molecule has 0 unspecified atom stereocenters. The first-order valence-corrected chi connectivity index (χ1v) is 4.27. The second-order valence-corrected chi connectivity index (χ2v) is 3.04. The fourth-order valence-electron chi connectivity index (χ4n) is 0.871. The third kappa shape index (κ3) is 3.02. The SMILES string of the molecule is C[C@H](O)CNC(=O)c1ccc(N)cn1. The number of nitrogens with zero attached hydrogens (tertiary/aromatic N) is 1. The zero-order chi connectivity index (χ0) is 10.6. The molecule has 1 rings (SSSR count). The maximum atomic E-state index is 11.3. The molecular weight excluding hydrogens is 182 g/mol. The van der Waals surface area contributed by atoms with Gasteiger partial charge in [-0.25, -0.2) is 4.98 Å². The second-order valence-electron chi connectivity index (χ2n) is 3.04. The Bertz CT molecular complexity index is 308. The van der Waals surface area contributed by atoms with Gasteiger partial charge in [0.05, 0.1) is 18.0 Å². The summed E-state index contributed by atoms with van der Waals surface area (Å²) >= 11 is 0. The highest BCUT2D eigenvalue weighted by molar-refractivity contribution is 5.92. The molecule has 5 heteroatoms. The average molecular weight is 195 g/mol. The van der Waals surface area contributed by atoms with E-state index in [1.54, 1.807) is 13.0 Å². The molecule has 1 atom stereocenters. The van der Waals surface area contributed by atoms with Crippen molar-refractivity contribution in [2.75, 3.05) is 12.3 Å². The summed E-state index contributed by atoms with van der Waals surface area (Å²) in [5.41, 5.74) is 6.22. The van der Waals surface area contributed by atoms with Crippen molar-refractivity contribution >= 4 is 11.6 Å². The number of nitrogens with two attached hydrogens (primary N) is 1. The van der Waals surface area contributed by atoms with Gasteiger partial charge >= 0.3 is 0 Å². The van der Waals surface area contributed by atoms with Crippen molar-refractivity contribution in [2.45, 2.75) is 13.0 Å². The quantitative estimate of drug-likeness (QED) is 0.622. The minimum absolute atomic E-state index is 0.213. The Labute approximate surface area is 82.0 Å². The smallest absolute Gasteiger partial charge is 0.269 e. The number of nitrogen functional groups attached to an aromatic ring is 1. The van der Waals surface area contributed by atoms with Crippen molar-refractivity contribution in [1.82, 2.24) is 10.3 Å². The topological polar surface area (TPSA) is 88.2 Å². The molecule has 0 aliphatic carbocycles. The number of hydrogen-bond acceptors (Lipinski definition) is 4. The van der Waals surface area contributed by atoms with Gasteiger partial charge in [-0.05, 0) is 19.1 Å². The summed E-state index contributed by atoms with van der Waals surface area (Å²) in [4.78, 5) is 15.2. The Balaban J connectivity index is 2.57. The number of aliphatic hydroxyl groups excluding tert-OH is 1. The van der Waals surface area contributed by atoms with Crippen LogP contribution in [0.25, 0.3) is 0 Å². The first kappa shape index (κ1) is 10.5. The lowest BCUT2D eigenvalue weighted by atomic mass is 10.3. The zero-order valence-electron chi connectivity index (χ0n) is 7.90. The van der Waals surface area contributed by atoms with Crippen molar-refractivity contribution in [3.8, 4) is 0 Å². The number of anilines is 1. The zero-order valence-corrected chi connectivity index (χ0v) is 7.90. The Kier molecular flexibility index (Phi) is 3.41. The van der Waals surface area contributed by atoms with Gasteiger partial charge in [-0.15, -0.1) is 0 Å². The lowest BCUT2D eigenvalue weighted by molar-refractivity contribution is 0.0919. The molecule has 1 heterocycles. The van der Waals surface area contributed by atoms with Gasteiger partial charge in [-0.3, -0.25) is 4.79 Å². The van der Waals surface area contributed by atoms with E-state index in [0.29, 0.717) is 11.4 Å². The Hall–Kier alpha value is -1.62. The lowest BCUT2D eigenvalue weighted by Crippen LogP contribution is -2.31. The van der Waals surface area contributed by atoms with Crippen LogP contribution in [0, 0.1) is 0 Å². The first-order valence-electron chi connectivity index (χ1n) is 4.27. The number of nitrogens with one attached hydrogen (secondary N) is 1. The monoisotopic (exact) mass is 195 g/mol. The van der Waals surface area contributed by atoms with Crippen molar-refractivity contribution in [2.24, 2.45) is 0 Å². The van der Waals surface area contributed by atoms with Crippen LogP contribution in [0.4, 0.5) is 5.69 Å². The van der Waals surface area contributed by atoms with Crippen molar-refractivity contribution in [3.63, 3.8) is 0 Å². The van der Waals surface area contributed by atoms with Gasteiger partial charge in [0.15, 0.2) is 0 Å². The third-order valence-corrected chi connectivity index (χ3v) is 1.58. The number of carbonyl (C=O) groups is 1. The van der Waals surface area contributed by atoms with Gasteiger partial charge in [0.25, 0.3) is 5.91 Å². The van der Waals surface area contributed by atoms with Crippen molar-refractivity contribution in [1.29, 1.82) is 0 Å². The molecule has 1 aromatic heterocycles. The molecule has 0 saturated heterocycles. The van der Waals surface area contributed by atoms with Crippen LogP contribution in [0.1, 0.15) is 17.4 Å². The van der Waals surface area contributed by atoms with Crippen LogP contribution in [0.3, 0.4) is 0 Å². The summed E-state index contributed by atoms with van der Waals surface area (Å²) in [6.45, 7) is 1.81. The molecule has 0 radical (unpaired) electrons. The predicted molar refractivity (Wildman–Crippen MR) is 52.7 cm³/mol. The number of amides is 1. The standard InChI is InChI=1S/C9H13N3O2/c1-6(13)4-12-9(14)8-3-2-7(10)5-11-8/h2-3,5-6,13H,4,10H2,1H3,(H,12,14)/t6-/m0/s1. The molecule has 0 aromatic carbocycles. The Morgan fingerprint density at radius 3 is 2.93 bits per heavy atom. The molecule has 76 valence electrons. The molecule has 4 N–H and O–H groups in total. The predicted octanol–water partition coefficient (Wildman–Crippen LogP) is -0.226. The van der Waals surface area contributed by atoms with Gasteiger partial charge in [-0.2, -0.15) is 0 Å². The van der Waals surface area contributed by atoms with Crippen LogP contribution in [0.15, 0.2) is 18.3 Å². The molecular formula is C9H13N3O2. The number of hydrogen-bond donors (Lipinski definition) is 3. The number of carbonyl (C=O) groups excluding carboxylic acids is 1. The van der Waals surface area contributed by atoms with E-state index in [0.717, 1.165) is 0 Å². The summed E-state index contributed by atoms with van der Waals surface area (Å²) in [6, 6.07) is 3.14. The van der Waals surface area contributed by atoms with E-state index in [1.807, 2.05) is 0 Å². The molecule has 0 fully saturated rings. The highest BCUT2D eigenvalue weighted by Crippen LogP contribution is 2.00. The second kappa shape index (κ2) is 4.57.